The molecular weight excluding hydrogens is 305 g/mol. The molecule has 0 bridgehead atoms. The first-order valence-electron chi connectivity index (χ1n) is 6.36. The summed E-state index contributed by atoms with van der Waals surface area (Å²) in [4.78, 5) is 13.1. The minimum Gasteiger partial charge on any atom is -0.343 e. The zero-order chi connectivity index (χ0) is 14.8. The summed E-state index contributed by atoms with van der Waals surface area (Å²) in [7, 11) is -3.50. The maximum Gasteiger partial charge on any atom is 0.222 e. The summed E-state index contributed by atoms with van der Waals surface area (Å²) in [5.74, 6) is -0.654. The van der Waals surface area contributed by atoms with Crippen LogP contribution in [-0.4, -0.2) is 38.1 Å². The van der Waals surface area contributed by atoms with E-state index in [1.165, 1.54) is 6.07 Å². The number of sulfone groups is 1. The standard InChI is InChI=1S/C13H15ClFNO3S/c14-11-9-10(4-5-12(11)15)20(18,19)8-2-7-16-6-1-3-13(16)17/h4-5,9H,1-3,6-8H2. The van der Waals surface area contributed by atoms with Gasteiger partial charge in [-0.25, -0.2) is 12.8 Å². The Hall–Kier alpha value is -1.14. The van der Waals surface area contributed by atoms with Gasteiger partial charge >= 0.3 is 0 Å². The average molecular weight is 320 g/mol. The Labute approximate surface area is 122 Å². The second-order valence-electron chi connectivity index (χ2n) is 4.73. The molecule has 110 valence electrons. The molecular formula is C13H15ClFNO3S. The Morgan fingerprint density at radius 2 is 2.10 bits per heavy atom. The molecule has 0 unspecified atom stereocenters. The van der Waals surface area contributed by atoms with E-state index in [0.717, 1.165) is 18.6 Å². The summed E-state index contributed by atoms with van der Waals surface area (Å²) in [6, 6.07) is 3.37. The lowest BCUT2D eigenvalue weighted by atomic mass is 10.3. The summed E-state index contributed by atoms with van der Waals surface area (Å²) in [5.41, 5.74) is 0. The van der Waals surface area contributed by atoms with E-state index in [-0.39, 0.29) is 21.6 Å². The summed E-state index contributed by atoms with van der Waals surface area (Å²) in [6.07, 6.45) is 1.74. The van der Waals surface area contributed by atoms with Crippen molar-refractivity contribution in [1.82, 2.24) is 4.90 Å². The van der Waals surface area contributed by atoms with Crippen molar-refractivity contribution in [3.63, 3.8) is 0 Å². The topological polar surface area (TPSA) is 54.5 Å². The van der Waals surface area contributed by atoms with Gasteiger partial charge in [0.05, 0.1) is 15.7 Å². The van der Waals surface area contributed by atoms with Gasteiger partial charge < -0.3 is 4.90 Å². The summed E-state index contributed by atoms with van der Waals surface area (Å²) >= 11 is 5.58. The van der Waals surface area contributed by atoms with Crippen LogP contribution in [0.15, 0.2) is 23.1 Å². The Morgan fingerprint density at radius 3 is 2.70 bits per heavy atom. The highest BCUT2D eigenvalue weighted by atomic mass is 35.5. The number of amides is 1. The highest BCUT2D eigenvalue weighted by Gasteiger charge is 2.21. The maximum absolute atomic E-state index is 13.0. The number of benzene rings is 1. The van der Waals surface area contributed by atoms with E-state index in [4.69, 9.17) is 11.6 Å². The van der Waals surface area contributed by atoms with E-state index in [0.29, 0.717) is 25.9 Å². The van der Waals surface area contributed by atoms with Gasteiger partial charge in [0.15, 0.2) is 9.84 Å². The minimum absolute atomic E-state index is 0.0108. The van der Waals surface area contributed by atoms with Crippen LogP contribution < -0.4 is 0 Å². The smallest absolute Gasteiger partial charge is 0.222 e. The van der Waals surface area contributed by atoms with Gasteiger partial charge in [-0.05, 0) is 31.0 Å². The van der Waals surface area contributed by atoms with Crippen LogP contribution in [0.3, 0.4) is 0 Å². The normalized spacial score (nSPS) is 15.9. The van der Waals surface area contributed by atoms with Gasteiger partial charge in [-0.1, -0.05) is 11.6 Å². The molecule has 0 aromatic heterocycles. The number of rotatable bonds is 5. The molecule has 7 heteroatoms. The third-order valence-electron chi connectivity index (χ3n) is 3.26. The molecule has 0 radical (unpaired) electrons. The largest absolute Gasteiger partial charge is 0.343 e. The van der Waals surface area contributed by atoms with Crippen molar-refractivity contribution in [1.29, 1.82) is 0 Å². The molecule has 1 aliphatic heterocycles. The third-order valence-corrected chi connectivity index (χ3v) is 5.35. The van der Waals surface area contributed by atoms with Gasteiger partial charge in [0.1, 0.15) is 5.82 Å². The summed E-state index contributed by atoms with van der Waals surface area (Å²) in [5, 5.41) is -0.208. The second kappa shape index (κ2) is 6.10. The quantitative estimate of drug-likeness (QED) is 0.782. The lowest BCUT2D eigenvalue weighted by molar-refractivity contribution is -0.127. The van der Waals surface area contributed by atoms with E-state index in [1.54, 1.807) is 4.90 Å². The zero-order valence-corrected chi connectivity index (χ0v) is 12.4. The Morgan fingerprint density at radius 1 is 1.35 bits per heavy atom. The fourth-order valence-corrected chi connectivity index (χ4v) is 3.74. The molecule has 1 heterocycles. The molecule has 4 nitrogen and oxygen atoms in total. The van der Waals surface area contributed by atoms with Crippen molar-refractivity contribution in [2.45, 2.75) is 24.2 Å². The summed E-state index contributed by atoms with van der Waals surface area (Å²) < 4.78 is 37.1. The van der Waals surface area contributed by atoms with Crippen LogP contribution in [0, 0.1) is 5.82 Å². The van der Waals surface area contributed by atoms with Crippen molar-refractivity contribution >= 4 is 27.3 Å². The molecule has 1 aromatic carbocycles. The first kappa shape index (κ1) is 15.3. The van der Waals surface area contributed by atoms with Gasteiger partial charge in [0.2, 0.25) is 5.91 Å². The fourth-order valence-electron chi connectivity index (χ4n) is 2.17. The minimum atomic E-state index is -3.50. The monoisotopic (exact) mass is 319 g/mol. The average Bonchev–Trinajstić information content (AvgIpc) is 2.78. The molecule has 0 saturated carbocycles. The number of hydrogen-bond acceptors (Lipinski definition) is 3. The predicted octanol–water partition coefficient (Wildman–Crippen LogP) is 2.27. The van der Waals surface area contributed by atoms with Crippen LogP contribution >= 0.6 is 11.6 Å². The molecule has 1 aromatic rings. The highest BCUT2D eigenvalue weighted by Crippen LogP contribution is 2.21. The number of nitrogens with zero attached hydrogens (tertiary/aromatic N) is 1. The Balaban J connectivity index is 1.96. The number of likely N-dealkylation sites (tertiary alicyclic amines) is 1. The first-order chi connectivity index (χ1) is 9.40. The van der Waals surface area contributed by atoms with Crippen LogP contribution in [0.2, 0.25) is 5.02 Å². The highest BCUT2D eigenvalue weighted by molar-refractivity contribution is 7.91. The van der Waals surface area contributed by atoms with E-state index in [1.807, 2.05) is 0 Å². The van der Waals surface area contributed by atoms with Crippen molar-refractivity contribution in [3.05, 3.63) is 29.0 Å². The van der Waals surface area contributed by atoms with Crippen LogP contribution in [0.5, 0.6) is 0 Å². The number of halogens is 2. The number of carbonyl (C=O) groups is 1. The molecule has 1 amide bonds. The lowest BCUT2D eigenvalue weighted by Crippen LogP contribution is -2.27. The van der Waals surface area contributed by atoms with Crippen molar-refractivity contribution in [2.75, 3.05) is 18.8 Å². The van der Waals surface area contributed by atoms with Crippen molar-refractivity contribution in [2.24, 2.45) is 0 Å². The number of carbonyl (C=O) groups excluding carboxylic acids is 1. The SMILES string of the molecule is O=C1CCCN1CCCS(=O)(=O)c1ccc(F)c(Cl)c1. The van der Waals surface area contributed by atoms with E-state index < -0.39 is 15.7 Å². The van der Waals surface area contributed by atoms with Gasteiger partial charge in [-0.15, -0.1) is 0 Å². The first-order valence-corrected chi connectivity index (χ1v) is 8.39. The Bertz CT molecular complexity index is 618. The van der Waals surface area contributed by atoms with Gasteiger partial charge in [0, 0.05) is 19.5 Å². The van der Waals surface area contributed by atoms with E-state index in [9.17, 15) is 17.6 Å². The van der Waals surface area contributed by atoms with Crippen molar-refractivity contribution in [3.8, 4) is 0 Å². The van der Waals surface area contributed by atoms with E-state index in [2.05, 4.69) is 0 Å². The molecule has 20 heavy (non-hydrogen) atoms. The molecule has 1 saturated heterocycles. The lowest BCUT2D eigenvalue weighted by Gasteiger charge is -2.15. The molecule has 0 spiro atoms. The maximum atomic E-state index is 13.0. The van der Waals surface area contributed by atoms with Crippen LogP contribution in [-0.2, 0) is 14.6 Å². The molecule has 1 aliphatic rings. The van der Waals surface area contributed by atoms with Crippen LogP contribution in [0.1, 0.15) is 19.3 Å². The fraction of sp³-hybridized carbons (Fsp3) is 0.462. The number of hydrogen-bond donors (Lipinski definition) is 0. The van der Waals surface area contributed by atoms with E-state index >= 15 is 0 Å². The van der Waals surface area contributed by atoms with Crippen LogP contribution in [0.4, 0.5) is 4.39 Å². The second-order valence-corrected chi connectivity index (χ2v) is 7.25. The van der Waals surface area contributed by atoms with Crippen molar-refractivity contribution < 1.29 is 17.6 Å². The Kier molecular flexibility index (Phi) is 4.65. The van der Waals surface area contributed by atoms with Crippen LogP contribution in [0.25, 0.3) is 0 Å². The predicted molar refractivity (Wildman–Crippen MR) is 73.9 cm³/mol. The third kappa shape index (κ3) is 3.49. The molecule has 0 N–H and O–H groups in total. The molecule has 2 rings (SSSR count). The molecule has 1 fully saturated rings. The zero-order valence-electron chi connectivity index (χ0n) is 10.8. The van der Waals surface area contributed by atoms with Gasteiger partial charge in [0.25, 0.3) is 0 Å². The van der Waals surface area contributed by atoms with Gasteiger partial charge in [-0.2, -0.15) is 0 Å². The molecule has 0 atom stereocenters. The van der Waals surface area contributed by atoms with Gasteiger partial charge in [-0.3, -0.25) is 4.79 Å². The molecule has 0 aliphatic carbocycles. The summed E-state index contributed by atoms with van der Waals surface area (Å²) in [6.45, 7) is 1.13.